The van der Waals surface area contributed by atoms with Crippen LogP contribution in [-0.4, -0.2) is 31.1 Å². The molecule has 27 heavy (non-hydrogen) atoms. The van der Waals surface area contributed by atoms with Gasteiger partial charge in [0.1, 0.15) is 13.2 Å². The molecule has 0 bridgehead atoms. The molecule has 3 heterocycles. The number of ether oxygens (including phenoxy) is 2. The predicted molar refractivity (Wildman–Crippen MR) is 96.3 cm³/mol. The van der Waals surface area contributed by atoms with E-state index in [1.54, 1.807) is 42.5 Å². The van der Waals surface area contributed by atoms with Crippen LogP contribution in [0.1, 0.15) is 5.56 Å². The van der Waals surface area contributed by atoms with E-state index in [-0.39, 0.29) is 5.57 Å². The molecule has 0 unspecified atom stereocenters. The number of imide groups is 1. The Morgan fingerprint density at radius 3 is 2.52 bits per heavy atom. The number of hydroxylamine groups is 1. The van der Waals surface area contributed by atoms with Crippen molar-refractivity contribution in [1.29, 1.82) is 0 Å². The van der Waals surface area contributed by atoms with E-state index in [0.717, 1.165) is 4.90 Å². The fourth-order valence-electron chi connectivity index (χ4n) is 3.34. The number of hydrogen-bond donors (Lipinski definition) is 1. The number of hydrogen-bond acceptors (Lipinski definition) is 6. The number of benzene rings is 2. The van der Waals surface area contributed by atoms with Crippen molar-refractivity contribution in [2.75, 3.05) is 18.1 Å². The lowest BCUT2D eigenvalue weighted by Gasteiger charge is -2.21. The maximum atomic E-state index is 13.0. The van der Waals surface area contributed by atoms with E-state index in [0.29, 0.717) is 46.7 Å². The van der Waals surface area contributed by atoms with E-state index in [1.807, 2.05) is 0 Å². The van der Waals surface area contributed by atoms with Gasteiger partial charge in [0, 0.05) is 16.7 Å². The van der Waals surface area contributed by atoms with Crippen molar-refractivity contribution in [3.05, 3.63) is 58.6 Å². The number of rotatable bonds is 2. The third kappa shape index (κ3) is 2.47. The molecule has 3 aliphatic heterocycles. The third-order valence-electron chi connectivity index (χ3n) is 4.61. The van der Waals surface area contributed by atoms with Gasteiger partial charge < -0.3 is 9.47 Å². The summed E-state index contributed by atoms with van der Waals surface area (Å²) in [7, 11) is 0. The van der Waals surface area contributed by atoms with E-state index in [1.165, 1.54) is 0 Å². The van der Waals surface area contributed by atoms with Crippen LogP contribution in [0, 0.1) is 0 Å². The van der Waals surface area contributed by atoms with Crippen LogP contribution in [0.3, 0.4) is 0 Å². The summed E-state index contributed by atoms with van der Waals surface area (Å²) in [5.41, 5.74) is 4.57. The molecule has 1 fully saturated rings. The standard InChI is InChI=1S/C19H13ClN2O5/c20-11-3-1-10(2-4-11)16-15-17(27-21-16)19(24)22(18(15)23)12-5-6-13-14(9-12)26-8-7-25-13/h1-6,9,17,21H,7-8H2/t17-/m0/s1. The van der Waals surface area contributed by atoms with E-state index < -0.39 is 17.9 Å². The van der Waals surface area contributed by atoms with Crippen LogP contribution in [0.15, 0.2) is 48.0 Å². The summed E-state index contributed by atoms with van der Waals surface area (Å²) in [5.74, 6) is 0.199. The zero-order valence-electron chi connectivity index (χ0n) is 13.9. The minimum Gasteiger partial charge on any atom is -0.486 e. The average molecular weight is 385 g/mol. The Morgan fingerprint density at radius 1 is 1.00 bits per heavy atom. The van der Waals surface area contributed by atoms with Crippen molar-refractivity contribution in [2.45, 2.75) is 6.10 Å². The van der Waals surface area contributed by atoms with Crippen LogP contribution in [0.25, 0.3) is 5.70 Å². The Kier molecular flexibility index (Phi) is 3.60. The van der Waals surface area contributed by atoms with Gasteiger partial charge in [-0.3, -0.25) is 19.9 Å². The van der Waals surface area contributed by atoms with Gasteiger partial charge in [0.15, 0.2) is 17.6 Å². The monoisotopic (exact) mass is 384 g/mol. The summed E-state index contributed by atoms with van der Waals surface area (Å²) >= 11 is 5.92. The number of carbonyl (C=O) groups is 2. The molecule has 0 aliphatic carbocycles. The maximum Gasteiger partial charge on any atom is 0.270 e. The number of carbonyl (C=O) groups excluding carboxylic acids is 2. The van der Waals surface area contributed by atoms with Crippen LogP contribution >= 0.6 is 11.6 Å². The average Bonchev–Trinajstić information content (AvgIpc) is 3.23. The van der Waals surface area contributed by atoms with Gasteiger partial charge in [-0.25, -0.2) is 4.90 Å². The van der Waals surface area contributed by atoms with Crippen LogP contribution in [0.4, 0.5) is 5.69 Å². The van der Waals surface area contributed by atoms with Gasteiger partial charge >= 0.3 is 0 Å². The minimum atomic E-state index is -0.989. The van der Waals surface area contributed by atoms with Gasteiger partial charge in [-0.15, -0.1) is 0 Å². The van der Waals surface area contributed by atoms with Crippen LogP contribution in [-0.2, 0) is 14.4 Å². The second kappa shape index (κ2) is 6.00. The molecule has 2 amide bonds. The highest BCUT2D eigenvalue weighted by Gasteiger charge is 2.50. The number of nitrogens with zero attached hydrogens (tertiary/aromatic N) is 1. The molecular formula is C19H13ClN2O5. The molecule has 1 saturated heterocycles. The third-order valence-corrected chi connectivity index (χ3v) is 4.86. The molecule has 3 aliphatic rings. The smallest absolute Gasteiger partial charge is 0.270 e. The molecule has 0 spiro atoms. The minimum absolute atomic E-state index is 0.275. The van der Waals surface area contributed by atoms with Crippen molar-refractivity contribution in [1.82, 2.24) is 5.48 Å². The molecule has 5 rings (SSSR count). The van der Waals surface area contributed by atoms with Gasteiger partial charge in [-0.05, 0) is 24.3 Å². The fourth-order valence-corrected chi connectivity index (χ4v) is 3.47. The Labute approximate surface area is 159 Å². The van der Waals surface area contributed by atoms with Gasteiger partial charge in [-0.2, -0.15) is 0 Å². The first-order valence-electron chi connectivity index (χ1n) is 8.33. The van der Waals surface area contributed by atoms with E-state index in [9.17, 15) is 9.59 Å². The first-order valence-corrected chi connectivity index (χ1v) is 8.71. The van der Waals surface area contributed by atoms with Crippen LogP contribution in [0.2, 0.25) is 5.02 Å². The summed E-state index contributed by atoms with van der Waals surface area (Å²) in [5, 5.41) is 0.576. The Balaban J connectivity index is 1.55. The maximum absolute atomic E-state index is 13.0. The molecule has 136 valence electrons. The van der Waals surface area contributed by atoms with E-state index >= 15 is 0 Å². The lowest BCUT2D eigenvalue weighted by molar-refractivity contribution is -0.127. The van der Waals surface area contributed by atoms with Gasteiger partial charge in [0.05, 0.1) is 17.0 Å². The number of nitrogens with one attached hydrogen (secondary N) is 1. The molecule has 8 heteroatoms. The number of amides is 2. The SMILES string of the molecule is O=C1C2=C(c3ccc(Cl)cc3)NO[C@@H]2C(=O)N1c1ccc2c(c1)OCCO2. The molecular weight excluding hydrogens is 372 g/mol. The Morgan fingerprint density at radius 2 is 1.74 bits per heavy atom. The Hall–Kier alpha value is -3.03. The van der Waals surface area contributed by atoms with Crippen molar-refractivity contribution >= 4 is 34.8 Å². The fraction of sp³-hybridized carbons (Fsp3) is 0.158. The van der Waals surface area contributed by atoms with Crippen molar-refractivity contribution in [2.24, 2.45) is 0 Å². The van der Waals surface area contributed by atoms with Crippen molar-refractivity contribution in [3.63, 3.8) is 0 Å². The van der Waals surface area contributed by atoms with E-state index in [2.05, 4.69) is 5.48 Å². The zero-order chi connectivity index (χ0) is 18.5. The number of fused-ring (bicyclic) bond motifs is 2. The summed E-state index contributed by atoms with van der Waals surface area (Å²) < 4.78 is 11.0. The van der Waals surface area contributed by atoms with E-state index in [4.69, 9.17) is 25.9 Å². The lowest BCUT2D eigenvalue weighted by Crippen LogP contribution is -2.34. The second-order valence-electron chi connectivity index (χ2n) is 6.20. The summed E-state index contributed by atoms with van der Waals surface area (Å²) in [6, 6.07) is 11.9. The lowest BCUT2D eigenvalue weighted by atomic mass is 10.1. The largest absolute Gasteiger partial charge is 0.486 e. The van der Waals surface area contributed by atoms with Crippen LogP contribution < -0.4 is 19.9 Å². The molecule has 7 nitrogen and oxygen atoms in total. The quantitative estimate of drug-likeness (QED) is 0.801. The molecule has 0 aromatic heterocycles. The molecule has 1 N–H and O–H groups in total. The first kappa shape index (κ1) is 16.2. The molecule has 2 aromatic rings. The normalized spacial score (nSPS) is 20.8. The molecule has 2 aromatic carbocycles. The summed E-state index contributed by atoms with van der Waals surface area (Å²) in [6.45, 7) is 0.882. The predicted octanol–water partition coefficient (Wildman–Crippen LogP) is 2.30. The number of anilines is 1. The number of halogens is 1. The Bertz CT molecular complexity index is 1000. The van der Waals surface area contributed by atoms with Crippen molar-refractivity contribution in [3.8, 4) is 11.5 Å². The summed E-state index contributed by atoms with van der Waals surface area (Å²) in [4.78, 5) is 32.4. The topological polar surface area (TPSA) is 77.1 Å². The second-order valence-corrected chi connectivity index (χ2v) is 6.64. The highest BCUT2D eigenvalue weighted by Crippen LogP contribution is 2.39. The molecule has 0 saturated carbocycles. The summed E-state index contributed by atoms with van der Waals surface area (Å²) in [6.07, 6.45) is -0.989. The highest BCUT2D eigenvalue weighted by molar-refractivity contribution is 6.33. The first-order chi connectivity index (χ1) is 13.1. The van der Waals surface area contributed by atoms with Crippen LogP contribution in [0.5, 0.6) is 11.5 Å². The van der Waals surface area contributed by atoms with Gasteiger partial charge in [-0.1, -0.05) is 23.7 Å². The highest BCUT2D eigenvalue weighted by atomic mass is 35.5. The zero-order valence-corrected chi connectivity index (χ0v) is 14.7. The van der Waals surface area contributed by atoms with Gasteiger partial charge in [0.25, 0.3) is 11.8 Å². The molecule has 1 atom stereocenters. The van der Waals surface area contributed by atoms with Crippen molar-refractivity contribution < 1.29 is 23.9 Å². The van der Waals surface area contributed by atoms with Gasteiger partial charge in [0.2, 0.25) is 0 Å². The molecule has 0 radical (unpaired) electrons.